The zero-order valence-corrected chi connectivity index (χ0v) is 15.3. The van der Waals surface area contributed by atoms with Gasteiger partial charge in [0.05, 0.1) is 27.7 Å². The molecule has 0 radical (unpaired) electrons. The summed E-state index contributed by atoms with van der Waals surface area (Å²) in [4.78, 5) is 29.6. The quantitative estimate of drug-likeness (QED) is 0.533. The van der Waals surface area contributed by atoms with Crippen LogP contribution in [-0.2, 0) is 4.79 Å². The number of hydrogen-bond donors (Lipinski definition) is 1. The third kappa shape index (κ3) is 3.81. The second-order valence-corrected chi connectivity index (χ2v) is 7.56. The number of fused-ring (bicyclic) bond motifs is 1. The minimum absolute atomic E-state index is 0.00319. The van der Waals surface area contributed by atoms with Crippen LogP contribution in [0.5, 0.6) is 0 Å². The standard InChI is InChI=1S/C19H18N4O3S/c24-18(20-13-7-9-14(10-8-13)23(25)26)12-22-11-3-5-16(22)19-21-15-4-1-2-6-17(15)27-19/h1-2,4,6-10,16H,3,5,11-12H2,(H,20,24)/t16-/m0/s1. The van der Waals surface area contributed by atoms with Gasteiger partial charge in [-0.1, -0.05) is 12.1 Å². The lowest BCUT2D eigenvalue weighted by Gasteiger charge is -2.22. The molecule has 1 aliphatic heterocycles. The van der Waals surface area contributed by atoms with Crippen molar-refractivity contribution in [2.24, 2.45) is 0 Å². The predicted molar refractivity (Wildman–Crippen MR) is 105 cm³/mol. The van der Waals surface area contributed by atoms with E-state index in [2.05, 4.69) is 16.3 Å². The van der Waals surface area contributed by atoms with Gasteiger partial charge in [-0.15, -0.1) is 11.3 Å². The summed E-state index contributed by atoms with van der Waals surface area (Å²) in [6, 6.07) is 14.1. The monoisotopic (exact) mass is 382 g/mol. The molecule has 4 rings (SSSR count). The number of para-hydroxylation sites is 1. The van der Waals surface area contributed by atoms with E-state index in [1.54, 1.807) is 23.5 Å². The van der Waals surface area contributed by atoms with Crippen molar-refractivity contribution in [1.82, 2.24) is 9.88 Å². The number of nitrogens with zero attached hydrogens (tertiary/aromatic N) is 3. The summed E-state index contributed by atoms with van der Waals surface area (Å²) in [6.07, 6.45) is 2.02. The number of non-ortho nitro benzene ring substituents is 1. The van der Waals surface area contributed by atoms with E-state index in [1.807, 2.05) is 18.2 Å². The fraction of sp³-hybridized carbons (Fsp3) is 0.263. The van der Waals surface area contributed by atoms with Gasteiger partial charge in [0.2, 0.25) is 5.91 Å². The second kappa shape index (κ2) is 7.42. The molecule has 7 nitrogen and oxygen atoms in total. The topological polar surface area (TPSA) is 88.4 Å². The Hall–Kier alpha value is -2.84. The summed E-state index contributed by atoms with van der Waals surface area (Å²) in [7, 11) is 0. The molecule has 0 aliphatic carbocycles. The highest BCUT2D eigenvalue weighted by molar-refractivity contribution is 7.18. The first kappa shape index (κ1) is 17.6. The fourth-order valence-electron chi connectivity index (χ4n) is 3.38. The molecule has 0 bridgehead atoms. The maximum Gasteiger partial charge on any atom is 0.269 e. The highest BCUT2D eigenvalue weighted by Gasteiger charge is 2.30. The van der Waals surface area contributed by atoms with Crippen molar-refractivity contribution in [2.45, 2.75) is 18.9 Å². The van der Waals surface area contributed by atoms with E-state index in [-0.39, 0.29) is 24.2 Å². The van der Waals surface area contributed by atoms with Crippen LogP contribution >= 0.6 is 11.3 Å². The van der Waals surface area contributed by atoms with Crippen molar-refractivity contribution in [3.8, 4) is 0 Å². The number of carbonyl (C=O) groups excluding carboxylic acids is 1. The maximum atomic E-state index is 12.4. The molecular formula is C19H18N4O3S. The molecule has 0 spiro atoms. The number of carbonyl (C=O) groups is 1. The Morgan fingerprint density at radius 2 is 2.04 bits per heavy atom. The maximum absolute atomic E-state index is 12.4. The Morgan fingerprint density at radius 1 is 1.26 bits per heavy atom. The number of nitrogens with one attached hydrogen (secondary N) is 1. The molecule has 0 unspecified atom stereocenters. The molecule has 1 fully saturated rings. The lowest BCUT2D eigenvalue weighted by Crippen LogP contribution is -2.32. The smallest absolute Gasteiger partial charge is 0.269 e. The van der Waals surface area contributed by atoms with Crippen molar-refractivity contribution in [2.75, 3.05) is 18.4 Å². The summed E-state index contributed by atoms with van der Waals surface area (Å²) in [5.74, 6) is -0.128. The molecule has 138 valence electrons. The average Bonchev–Trinajstić information content (AvgIpc) is 3.28. The van der Waals surface area contributed by atoms with Gasteiger partial charge in [-0.05, 0) is 43.7 Å². The highest BCUT2D eigenvalue weighted by Crippen LogP contribution is 2.36. The van der Waals surface area contributed by atoms with Crippen molar-refractivity contribution in [1.29, 1.82) is 0 Å². The molecule has 1 aromatic heterocycles. The zero-order valence-electron chi connectivity index (χ0n) is 14.5. The third-order valence-corrected chi connectivity index (χ3v) is 5.81. The second-order valence-electron chi connectivity index (χ2n) is 6.50. The summed E-state index contributed by atoms with van der Waals surface area (Å²) < 4.78 is 1.16. The van der Waals surface area contributed by atoms with Crippen molar-refractivity contribution in [3.05, 3.63) is 63.7 Å². The Balaban J connectivity index is 1.43. The van der Waals surface area contributed by atoms with Crippen LogP contribution in [0.15, 0.2) is 48.5 Å². The number of thiazole rings is 1. The molecule has 8 heteroatoms. The van der Waals surface area contributed by atoms with E-state index in [4.69, 9.17) is 4.98 Å². The minimum atomic E-state index is -0.460. The van der Waals surface area contributed by atoms with E-state index < -0.39 is 4.92 Å². The lowest BCUT2D eigenvalue weighted by atomic mass is 10.2. The van der Waals surface area contributed by atoms with Crippen molar-refractivity contribution >= 4 is 38.8 Å². The molecule has 1 N–H and O–H groups in total. The van der Waals surface area contributed by atoms with Gasteiger partial charge >= 0.3 is 0 Å². The zero-order chi connectivity index (χ0) is 18.8. The third-order valence-electron chi connectivity index (χ3n) is 4.67. The SMILES string of the molecule is O=C(CN1CCC[C@H]1c1nc2ccccc2s1)Nc1ccc([N+](=O)[O-])cc1. The lowest BCUT2D eigenvalue weighted by molar-refractivity contribution is -0.384. The van der Waals surface area contributed by atoms with Crippen LogP contribution < -0.4 is 5.32 Å². The summed E-state index contributed by atoms with van der Waals surface area (Å²) >= 11 is 1.69. The van der Waals surface area contributed by atoms with Gasteiger partial charge in [0.1, 0.15) is 5.01 Å². The van der Waals surface area contributed by atoms with Crippen LogP contribution in [0.25, 0.3) is 10.2 Å². The molecule has 1 atom stereocenters. The fourth-order valence-corrected chi connectivity index (χ4v) is 4.52. The summed E-state index contributed by atoms with van der Waals surface area (Å²) in [5, 5.41) is 14.6. The normalized spacial score (nSPS) is 17.3. The number of benzene rings is 2. The number of rotatable bonds is 5. The van der Waals surface area contributed by atoms with Gasteiger partial charge in [-0.2, -0.15) is 0 Å². The Labute approximate surface area is 159 Å². The van der Waals surface area contributed by atoms with E-state index in [0.29, 0.717) is 5.69 Å². The first-order valence-electron chi connectivity index (χ1n) is 8.74. The largest absolute Gasteiger partial charge is 0.325 e. The molecular weight excluding hydrogens is 364 g/mol. The Kier molecular flexibility index (Phi) is 4.83. The van der Waals surface area contributed by atoms with Gasteiger partial charge in [0, 0.05) is 17.8 Å². The molecule has 1 amide bonds. The predicted octanol–water partition coefficient (Wildman–Crippen LogP) is 3.98. The number of aromatic nitrogens is 1. The summed E-state index contributed by atoms with van der Waals surface area (Å²) in [5.41, 5.74) is 1.56. The van der Waals surface area contributed by atoms with Crippen LogP contribution in [-0.4, -0.2) is 33.8 Å². The van der Waals surface area contributed by atoms with E-state index in [0.717, 1.165) is 34.6 Å². The van der Waals surface area contributed by atoms with Crippen molar-refractivity contribution in [3.63, 3.8) is 0 Å². The van der Waals surface area contributed by atoms with Gasteiger partial charge < -0.3 is 5.32 Å². The molecule has 27 heavy (non-hydrogen) atoms. The van der Waals surface area contributed by atoms with E-state index in [9.17, 15) is 14.9 Å². The van der Waals surface area contributed by atoms with Gasteiger partial charge in [0.25, 0.3) is 5.69 Å². The minimum Gasteiger partial charge on any atom is -0.325 e. The van der Waals surface area contributed by atoms with Crippen molar-refractivity contribution < 1.29 is 9.72 Å². The number of likely N-dealkylation sites (tertiary alicyclic amines) is 1. The number of nitro groups is 1. The summed E-state index contributed by atoms with van der Waals surface area (Å²) in [6.45, 7) is 1.13. The molecule has 3 aromatic rings. The van der Waals surface area contributed by atoms with Gasteiger partial charge in [-0.3, -0.25) is 19.8 Å². The molecule has 1 saturated heterocycles. The number of anilines is 1. The number of nitro benzene ring substituents is 1. The van der Waals surface area contributed by atoms with Gasteiger partial charge in [-0.25, -0.2) is 4.98 Å². The average molecular weight is 382 g/mol. The molecule has 2 aromatic carbocycles. The molecule has 1 aliphatic rings. The first-order chi connectivity index (χ1) is 13.1. The number of hydrogen-bond acceptors (Lipinski definition) is 6. The molecule has 0 saturated carbocycles. The number of amides is 1. The van der Waals surface area contributed by atoms with E-state index in [1.165, 1.54) is 12.1 Å². The Bertz CT molecular complexity index is 953. The van der Waals surface area contributed by atoms with Crippen LogP contribution in [0, 0.1) is 10.1 Å². The Morgan fingerprint density at radius 3 is 2.78 bits per heavy atom. The highest BCUT2D eigenvalue weighted by atomic mass is 32.1. The van der Waals surface area contributed by atoms with Crippen LogP contribution in [0.3, 0.4) is 0 Å². The van der Waals surface area contributed by atoms with Gasteiger partial charge in [0.15, 0.2) is 0 Å². The molecule has 2 heterocycles. The van der Waals surface area contributed by atoms with Crippen LogP contribution in [0.1, 0.15) is 23.9 Å². The van der Waals surface area contributed by atoms with E-state index >= 15 is 0 Å². The van der Waals surface area contributed by atoms with Crippen LogP contribution in [0.4, 0.5) is 11.4 Å². The van der Waals surface area contributed by atoms with Crippen LogP contribution in [0.2, 0.25) is 0 Å². The first-order valence-corrected chi connectivity index (χ1v) is 9.55.